The standard InChI is InChI=1S/C14H18N4O3/c1-2-15-10-12-9-13(18(19)20)3-4-14(12)21-8-7-17-6-5-16-11-17/h3-6,9,11,15H,2,7-8,10H2,1H3. The van der Waals surface area contributed by atoms with Gasteiger partial charge in [0.15, 0.2) is 0 Å². The molecule has 0 unspecified atom stereocenters. The minimum absolute atomic E-state index is 0.0739. The van der Waals surface area contributed by atoms with Gasteiger partial charge in [-0.05, 0) is 12.6 Å². The summed E-state index contributed by atoms with van der Waals surface area (Å²) in [5.74, 6) is 0.668. The zero-order valence-corrected chi connectivity index (χ0v) is 11.9. The highest BCUT2D eigenvalue weighted by Crippen LogP contribution is 2.24. The average molecular weight is 290 g/mol. The van der Waals surface area contributed by atoms with E-state index in [2.05, 4.69) is 10.3 Å². The maximum Gasteiger partial charge on any atom is 0.270 e. The van der Waals surface area contributed by atoms with Gasteiger partial charge in [0, 0.05) is 36.6 Å². The minimum Gasteiger partial charge on any atom is -0.491 e. The molecule has 7 heteroatoms. The fraction of sp³-hybridized carbons (Fsp3) is 0.357. The number of hydrogen-bond acceptors (Lipinski definition) is 5. The number of nitro groups is 1. The molecule has 0 atom stereocenters. The summed E-state index contributed by atoms with van der Waals surface area (Å²) in [5, 5.41) is 14.0. The first-order valence-corrected chi connectivity index (χ1v) is 6.77. The SMILES string of the molecule is CCNCc1cc([N+](=O)[O-])ccc1OCCn1ccnc1. The summed E-state index contributed by atoms with van der Waals surface area (Å²) in [7, 11) is 0. The third-order valence-corrected chi connectivity index (χ3v) is 2.99. The Balaban J connectivity index is 2.03. The Labute approximate surface area is 122 Å². The van der Waals surface area contributed by atoms with E-state index < -0.39 is 4.92 Å². The molecule has 0 saturated carbocycles. The number of ether oxygens (including phenoxy) is 1. The summed E-state index contributed by atoms with van der Waals surface area (Å²) in [5.41, 5.74) is 0.863. The molecule has 0 bridgehead atoms. The van der Waals surface area contributed by atoms with Crippen LogP contribution in [0.15, 0.2) is 36.9 Å². The molecule has 1 heterocycles. The van der Waals surface area contributed by atoms with E-state index in [0.717, 1.165) is 12.1 Å². The number of benzene rings is 1. The molecule has 0 fully saturated rings. The zero-order valence-electron chi connectivity index (χ0n) is 11.9. The van der Waals surface area contributed by atoms with Crippen molar-refractivity contribution in [2.45, 2.75) is 20.0 Å². The number of imidazole rings is 1. The molecule has 0 radical (unpaired) electrons. The first-order valence-electron chi connectivity index (χ1n) is 6.77. The first kappa shape index (κ1) is 15.0. The molecule has 0 aliphatic rings. The van der Waals surface area contributed by atoms with Crippen LogP contribution in [0.3, 0.4) is 0 Å². The van der Waals surface area contributed by atoms with Gasteiger partial charge in [-0.25, -0.2) is 4.98 Å². The van der Waals surface area contributed by atoms with E-state index in [4.69, 9.17) is 4.74 Å². The largest absolute Gasteiger partial charge is 0.491 e. The van der Waals surface area contributed by atoms with E-state index in [1.54, 1.807) is 24.7 Å². The van der Waals surface area contributed by atoms with Crippen molar-refractivity contribution in [2.24, 2.45) is 0 Å². The summed E-state index contributed by atoms with van der Waals surface area (Å²) >= 11 is 0. The van der Waals surface area contributed by atoms with E-state index in [1.165, 1.54) is 6.07 Å². The smallest absolute Gasteiger partial charge is 0.270 e. The molecule has 0 aliphatic heterocycles. The highest BCUT2D eigenvalue weighted by Gasteiger charge is 2.11. The predicted molar refractivity (Wildman–Crippen MR) is 78.2 cm³/mol. The number of rotatable bonds is 8. The van der Waals surface area contributed by atoms with Crippen LogP contribution in [0.5, 0.6) is 5.75 Å². The molecule has 112 valence electrons. The van der Waals surface area contributed by atoms with E-state index in [0.29, 0.717) is 25.4 Å². The third kappa shape index (κ3) is 4.28. The van der Waals surface area contributed by atoms with E-state index in [9.17, 15) is 10.1 Å². The van der Waals surface area contributed by atoms with Crippen LogP contribution in [0, 0.1) is 10.1 Å². The van der Waals surface area contributed by atoms with Gasteiger partial charge in [-0.15, -0.1) is 0 Å². The number of nitro benzene ring substituents is 1. The lowest BCUT2D eigenvalue weighted by molar-refractivity contribution is -0.384. The van der Waals surface area contributed by atoms with Crippen LogP contribution in [-0.2, 0) is 13.1 Å². The Morgan fingerprint density at radius 3 is 3.00 bits per heavy atom. The second kappa shape index (κ2) is 7.39. The maximum atomic E-state index is 10.8. The molecule has 7 nitrogen and oxygen atoms in total. The fourth-order valence-corrected chi connectivity index (χ4v) is 1.90. The lowest BCUT2D eigenvalue weighted by Crippen LogP contribution is -2.14. The van der Waals surface area contributed by atoms with Crippen molar-refractivity contribution < 1.29 is 9.66 Å². The summed E-state index contributed by atoms with van der Waals surface area (Å²) in [6.45, 7) is 4.47. The van der Waals surface area contributed by atoms with Crippen LogP contribution in [0.1, 0.15) is 12.5 Å². The van der Waals surface area contributed by atoms with E-state index >= 15 is 0 Å². The van der Waals surface area contributed by atoms with Gasteiger partial charge in [0.05, 0.1) is 17.8 Å². The van der Waals surface area contributed by atoms with Gasteiger partial charge in [-0.2, -0.15) is 0 Å². The molecular formula is C14H18N4O3. The normalized spacial score (nSPS) is 10.5. The van der Waals surface area contributed by atoms with E-state index in [1.807, 2.05) is 17.7 Å². The summed E-state index contributed by atoms with van der Waals surface area (Å²) in [4.78, 5) is 14.4. The van der Waals surface area contributed by atoms with Crippen molar-refractivity contribution >= 4 is 5.69 Å². The van der Waals surface area contributed by atoms with Crippen LogP contribution >= 0.6 is 0 Å². The zero-order chi connectivity index (χ0) is 15.1. The van der Waals surface area contributed by atoms with Crippen LogP contribution in [0.25, 0.3) is 0 Å². The van der Waals surface area contributed by atoms with Gasteiger partial charge >= 0.3 is 0 Å². The Morgan fingerprint density at radius 2 is 2.33 bits per heavy atom. The number of non-ortho nitro benzene ring substituents is 1. The van der Waals surface area contributed by atoms with Gasteiger partial charge in [0.2, 0.25) is 0 Å². The summed E-state index contributed by atoms with van der Waals surface area (Å²) < 4.78 is 7.64. The molecular weight excluding hydrogens is 272 g/mol. The fourth-order valence-electron chi connectivity index (χ4n) is 1.90. The molecule has 2 rings (SSSR count). The molecule has 1 N–H and O–H groups in total. The van der Waals surface area contributed by atoms with Crippen molar-refractivity contribution in [2.75, 3.05) is 13.2 Å². The Bertz CT molecular complexity index is 584. The monoisotopic (exact) mass is 290 g/mol. The highest BCUT2D eigenvalue weighted by molar-refractivity contribution is 5.43. The molecule has 1 aromatic carbocycles. The Morgan fingerprint density at radius 1 is 1.48 bits per heavy atom. The van der Waals surface area contributed by atoms with Crippen molar-refractivity contribution in [3.8, 4) is 5.75 Å². The molecule has 21 heavy (non-hydrogen) atoms. The second-order valence-corrected chi connectivity index (χ2v) is 4.48. The van der Waals surface area contributed by atoms with Crippen LogP contribution in [0.2, 0.25) is 0 Å². The quantitative estimate of drug-likeness (QED) is 0.594. The lowest BCUT2D eigenvalue weighted by Gasteiger charge is -2.12. The highest BCUT2D eigenvalue weighted by atomic mass is 16.6. The van der Waals surface area contributed by atoms with Gasteiger partial charge < -0.3 is 14.6 Å². The summed E-state index contributed by atoms with van der Waals surface area (Å²) in [6.07, 6.45) is 5.29. The Hall–Kier alpha value is -2.41. The van der Waals surface area contributed by atoms with Crippen molar-refractivity contribution in [3.05, 3.63) is 52.6 Å². The predicted octanol–water partition coefficient (Wildman–Crippen LogP) is 1.98. The van der Waals surface area contributed by atoms with Gasteiger partial charge in [-0.3, -0.25) is 10.1 Å². The van der Waals surface area contributed by atoms with Crippen LogP contribution in [0.4, 0.5) is 5.69 Å². The summed E-state index contributed by atoms with van der Waals surface area (Å²) in [6, 6.07) is 4.66. The van der Waals surface area contributed by atoms with Crippen molar-refractivity contribution in [1.29, 1.82) is 0 Å². The molecule has 1 aromatic heterocycles. The number of nitrogens with one attached hydrogen (secondary N) is 1. The van der Waals surface area contributed by atoms with Gasteiger partial charge in [-0.1, -0.05) is 6.92 Å². The Kier molecular flexibility index (Phi) is 5.28. The topological polar surface area (TPSA) is 82.2 Å². The number of aromatic nitrogens is 2. The first-order chi connectivity index (χ1) is 10.2. The molecule has 0 spiro atoms. The van der Waals surface area contributed by atoms with Crippen molar-refractivity contribution in [3.63, 3.8) is 0 Å². The number of hydrogen-bond donors (Lipinski definition) is 1. The molecule has 0 aliphatic carbocycles. The lowest BCUT2D eigenvalue weighted by atomic mass is 10.1. The van der Waals surface area contributed by atoms with Crippen LogP contribution < -0.4 is 10.1 Å². The average Bonchev–Trinajstić information content (AvgIpc) is 2.99. The molecule has 2 aromatic rings. The van der Waals surface area contributed by atoms with E-state index in [-0.39, 0.29) is 5.69 Å². The van der Waals surface area contributed by atoms with Gasteiger partial charge in [0.1, 0.15) is 12.4 Å². The maximum absolute atomic E-state index is 10.8. The van der Waals surface area contributed by atoms with Crippen molar-refractivity contribution in [1.82, 2.24) is 14.9 Å². The second-order valence-electron chi connectivity index (χ2n) is 4.48. The molecule has 0 amide bonds. The molecule has 0 saturated heterocycles. The number of nitrogens with zero attached hydrogens (tertiary/aromatic N) is 3. The van der Waals surface area contributed by atoms with Gasteiger partial charge in [0.25, 0.3) is 5.69 Å². The third-order valence-electron chi connectivity index (χ3n) is 2.99. The van der Waals surface area contributed by atoms with Crippen LogP contribution in [-0.4, -0.2) is 27.6 Å². The minimum atomic E-state index is -0.398.